The third kappa shape index (κ3) is 2.15. The number of nitrogens with one attached hydrogen (secondary N) is 2. The average molecular weight is 238 g/mol. The molecule has 0 saturated carbocycles. The fourth-order valence-electron chi connectivity index (χ4n) is 1.57. The second-order valence-corrected chi connectivity index (χ2v) is 4.76. The van der Waals surface area contributed by atoms with Crippen LogP contribution in [0.1, 0.15) is 0 Å². The van der Waals surface area contributed by atoms with Gasteiger partial charge in [-0.3, -0.25) is 4.79 Å². The van der Waals surface area contributed by atoms with Crippen LogP contribution < -0.4 is 15.4 Å². The SMILES string of the molecule is CNCC1Sc2cc(OC)ccc2NC1=O. The molecule has 1 aliphatic heterocycles. The molecule has 0 saturated heterocycles. The van der Waals surface area contributed by atoms with Crippen LogP contribution in [0.5, 0.6) is 5.75 Å². The van der Waals surface area contributed by atoms with E-state index in [1.54, 1.807) is 18.9 Å². The van der Waals surface area contributed by atoms with Gasteiger partial charge in [-0.25, -0.2) is 0 Å². The predicted octanol–water partition coefficient (Wildman–Crippen LogP) is 1.33. The van der Waals surface area contributed by atoms with Crippen molar-refractivity contribution in [1.82, 2.24) is 5.32 Å². The Kier molecular flexibility index (Phi) is 3.36. The minimum absolute atomic E-state index is 0.0528. The number of methoxy groups -OCH3 is 1. The van der Waals surface area contributed by atoms with Gasteiger partial charge in [-0.2, -0.15) is 0 Å². The number of carbonyl (C=O) groups is 1. The van der Waals surface area contributed by atoms with Crippen molar-refractivity contribution in [3.63, 3.8) is 0 Å². The highest BCUT2D eigenvalue weighted by molar-refractivity contribution is 8.01. The quantitative estimate of drug-likeness (QED) is 0.834. The highest BCUT2D eigenvalue weighted by Gasteiger charge is 2.26. The van der Waals surface area contributed by atoms with Crippen LogP contribution in [0.15, 0.2) is 23.1 Å². The lowest BCUT2D eigenvalue weighted by molar-refractivity contribution is -0.115. The summed E-state index contributed by atoms with van der Waals surface area (Å²) in [5.41, 5.74) is 0.864. The molecule has 1 atom stereocenters. The Labute approximate surface area is 98.7 Å². The van der Waals surface area contributed by atoms with Crippen molar-refractivity contribution < 1.29 is 9.53 Å². The van der Waals surface area contributed by atoms with Crippen molar-refractivity contribution in [2.24, 2.45) is 0 Å². The molecule has 0 radical (unpaired) electrons. The lowest BCUT2D eigenvalue weighted by Gasteiger charge is -2.24. The summed E-state index contributed by atoms with van der Waals surface area (Å²) < 4.78 is 5.16. The molecule has 1 aromatic carbocycles. The van der Waals surface area contributed by atoms with Crippen LogP contribution in [0.3, 0.4) is 0 Å². The minimum atomic E-state index is -0.0791. The molecular weight excluding hydrogens is 224 g/mol. The molecule has 0 bridgehead atoms. The Morgan fingerprint density at radius 2 is 2.38 bits per heavy atom. The molecule has 0 aliphatic carbocycles. The Balaban J connectivity index is 2.25. The van der Waals surface area contributed by atoms with Gasteiger partial charge in [0.25, 0.3) is 0 Å². The van der Waals surface area contributed by atoms with Crippen LogP contribution in [0.2, 0.25) is 0 Å². The van der Waals surface area contributed by atoms with Crippen molar-refractivity contribution in [3.05, 3.63) is 18.2 Å². The molecule has 2 N–H and O–H groups in total. The number of hydrogen-bond acceptors (Lipinski definition) is 4. The summed E-state index contributed by atoms with van der Waals surface area (Å²) in [7, 11) is 3.48. The smallest absolute Gasteiger partial charge is 0.239 e. The molecule has 5 heteroatoms. The molecule has 4 nitrogen and oxygen atoms in total. The first-order valence-corrected chi connectivity index (χ1v) is 5.92. The summed E-state index contributed by atoms with van der Waals surface area (Å²) in [6.07, 6.45) is 0. The molecule has 0 aromatic heterocycles. The van der Waals surface area contributed by atoms with Gasteiger partial charge in [0.2, 0.25) is 5.91 Å². The number of anilines is 1. The number of ether oxygens (including phenoxy) is 1. The summed E-state index contributed by atoms with van der Waals surface area (Å²) in [6.45, 7) is 0.660. The average Bonchev–Trinajstić information content (AvgIpc) is 2.30. The fraction of sp³-hybridized carbons (Fsp3) is 0.364. The van der Waals surface area contributed by atoms with Gasteiger partial charge in [0.05, 0.1) is 12.8 Å². The van der Waals surface area contributed by atoms with Gasteiger partial charge in [-0.15, -0.1) is 11.8 Å². The van der Waals surface area contributed by atoms with E-state index in [9.17, 15) is 4.79 Å². The third-order valence-corrected chi connectivity index (χ3v) is 3.65. The maximum atomic E-state index is 11.7. The monoisotopic (exact) mass is 238 g/mol. The molecular formula is C11H14N2O2S. The van der Waals surface area contributed by atoms with Crippen LogP contribution >= 0.6 is 11.8 Å². The second kappa shape index (κ2) is 4.76. The van der Waals surface area contributed by atoms with Gasteiger partial charge >= 0.3 is 0 Å². The zero-order valence-corrected chi connectivity index (χ0v) is 10.1. The lowest BCUT2D eigenvalue weighted by Crippen LogP contribution is -2.35. The third-order valence-electron chi connectivity index (χ3n) is 2.40. The van der Waals surface area contributed by atoms with Crippen LogP contribution in [0.25, 0.3) is 0 Å². The van der Waals surface area contributed by atoms with Gasteiger partial charge in [-0.1, -0.05) is 0 Å². The molecule has 1 heterocycles. The number of carbonyl (C=O) groups excluding carboxylic acids is 1. The first kappa shape index (κ1) is 11.3. The van der Waals surface area contributed by atoms with Crippen molar-refractivity contribution >= 4 is 23.4 Å². The first-order valence-electron chi connectivity index (χ1n) is 5.04. The maximum Gasteiger partial charge on any atom is 0.239 e. The summed E-state index contributed by atoms with van der Waals surface area (Å²) in [4.78, 5) is 12.8. The van der Waals surface area contributed by atoms with E-state index in [0.717, 1.165) is 16.3 Å². The summed E-state index contributed by atoms with van der Waals surface area (Å²) in [6, 6.07) is 5.66. The summed E-state index contributed by atoms with van der Waals surface area (Å²) in [5.74, 6) is 0.864. The predicted molar refractivity (Wildman–Crippen MR) is 65.2 cm³/mol. The highest BCUT2D eigenvalue weighted by Crippen LogP contribution is 2.37. The molecule has 1 amide bonds. The number of amides is 1. The molecule has 2 rings (SSSR count). The number of benzene rings is 1. The maximum absolute atomic E-state index is 11.7. The van der Waals surface area contributed by atoms with E-state index >= 15 is 0 Å². The second-order valence-electron chi connectivity index (χ2n) is 3.52. The molecule has 0 spiro atoms. The van der Waals surface area contributed by atoms with Crippen molar-refractivity contribution in [1.29, 1.82) is 0 Å². The van der Waals surface area contributed by atoms with E-state index in [4.69, 9.17) is 4.74 Å². The number of thioether (sulfide) groups is 1. The van der Waals surface area contributed by atoms with Gasteiger partial charge < -0.3 is 15.4 Å². The Morgan fingerprint density at radius 1 is 1.56 bits per heavy atom. The zero-order valence-electron chi connectivity index (χ0n) is 9.24. The number of hydrogen-bond donors (Lipinski definition) is 2. The van der Waals surface area contributed by atoms with E-state index in [1.165, 1.54) is 0 Å². The standard InChI is InChI=1S/C11H14N2O2S/c1-12-6-10-11(14)13-8-4-3-7(15-2)5-9(8)16-10/h3-5,10,12H,6H2,1-2H3,(H,13,14). The Bertz CT molecular complexity index is 409. The van der Waals surface area contributed by atoms with E-state index in [2.05, 4.69) is 10.6 Å². The minimum Gasteiger partial charge on any atom is -0.497 e. The summed E-state index contributed by atoms with van der Waals surface area (Å²) >= 11 is 1.56. The van der Waals surface area contributed by atoms with Crippen LogP contribution in [-0.4, -0.2) is 31.9 Å². The van der Waals surface area contributed by atoms with Crippen LogP contribution in [0.4, 0.5) is 5.69 Å². The molecule has 16 heavy (non-hydrogen) atoms. The van der Waals surface area contributed by atoms with Gasteiger partial charge in [0, 0.05) is 11.4 Å². The molecule has 1 aliphatic rings. The summed E-state index contributed by atoms with van der Waals surface area (Å²) in [5, 5.41) is 5.83. The van der Waals surface area contributed by atoms with Crippen LogP contribution in [-0.2, 0) is 4.79 Å². The Hall–Kier alpha value is -1.20. The van der Waals surface area contributed by atoms with Gasteiger partial charge in [-0.05, 0) is 25.2 Å². The molecule has 1 aromatic rings. The van der Waals surface area contributed by atoms with Crippen molar-refractivity contribution in [2.45, 2.75) is 10.1 Å². The van der Waals surface area contributed by atoms with Crippen molar-refractivity contribution in [2.75, 3.05) is 26.0 Å². The van der Waals surface area contributed by atoms with E-state index < -0.39 is 0 Å². The van der Waals surface area contributed by atoms with E-state index in [1.807, 2.05) is 25.2 Å². The largest absolute Gasteiger partial charge is 0.497 e. The number of rotatable bonds is 3. The normalized spacial score (nSPS) is 18.9. The topological polar surface area (TPSA) is 50.4 Å². The lowest BCUT2D eigenvalue weighted by atomic mass is 10.2. The van der Waals surface area contributed by atoms with E-state index in [-0.39, 0.29) is 11.2 Å². The van der Waals surface area contributed by atoms with Gasteiger partial charge in [0.1, 0.15) is 11.0 Å². The first-order chi connectivity index (χ1) is 7.74. The van der Waals surface area contributed by atoms with E-state index in [0.29, 0.717) is 6.54 Å². The van der Waals surface area contributed by atoms with Crippen LogP contribution in [0, 0.1) is 0 Å². The zero-order chi connectivity index (χ0) is 11.5. The van der Waals surface area contributed by atoms with Crippen molar-refractivity contribution in [3.8, 4) is 5.75 Å². The fourth-order valence-corrected chi connectivity index (χ4v) is 2.72. The number of fused-ring (bicyclic) bond motifs is 1. The highest BCUT2D eigenvalue weighted by atomic mass is 32.2. The molecule has 0 fully saturated rings. The molecule has 1 unspecified atom stereocenters. The Morgan fingerprint density at radius 3 is 3.06 bits per heavy atom. The molecule has 86 valence electrons. The van der Waals surface area contributed by atoms with Gasteiger partial charge in [0.15, 0.2) is 0 Å².